The Kier molecular flexibility index (Phi) is 5.22. The normalized spacial score (nSPS) is 26.0. The van der Waals surface area contributed by atoms with Gasteiger partial charge in [0.1, 0.15) is 11.5 Å². The van der Waals surface area contributed by atoms with Crippen LogP contribution in [0.15, 0.2) is 42.2 Å². The number of Topliss-reactive ketones (excluding diaryl/α,β-unsaturated/α-hetero) is 1. The van der Waals surface area contributed by atoms with E-state index in [2.05, 4.69) is 4.98 Å². The van der Waals surface area contributed by atoms with E-state index in [4.69, 9.17) is 4.74 Å². The third-order valence-corrected chi connectivity index (χ3v) is 8.87. The standard InChI is InChI=1S/C27H24F3NO3S/c1-2-13-7-9-17(34-26-31-19-10-8-16(27(28,29)30)11-20(19)35-26)12-18(13)23-24(32)21-14-3-4-15(6-5-14)22(21)25(23)33/h7-12,14-15,21-22,32H,2-6H2,1H3/t14-,15+,21?,22?. The lowest BCUT2D eigenvalue weighted by molar-refractivity contribution is -0.137. The highest BCUT2D eigenvalue weighted by Gasteiger charge is 2.54. The van der Waals surface area contributed by atoms with Crippen LogP contribution in [-0.4, -0.2) is 15.9 Å². The molecule has 35 heavy (non-hydrogen) atoms. The van der Waals surface area contributed by atoms with E-state index in [0.717, 1.165) is 54.7 Å². The minimum Gasteiger partial charge on any atom is -0.511 e. The quantitative estimate of drug-likeness (QED) is 0.402. The van der Waals surface area contributed by atoms with E-state index in [-0.39, 0.29) is 28.6 Å². The van der Waals surface area contributed by atoms with Crippen LogP contribution in [0.1, 0.15) is 49.3 Å². The van der Waals surface area contributed by atoms with Gasteiger partial charge in [0.05, 0.1) is 21.4 Å². The van der Waals surface area contributed by atoms with Gasteiger partial charge in [0.25, 0.3) is 5.19 Å². The zero-order valence-corrected chi connectivity index (χ0v) is 19.9. The van der Waals surface area contributed by atoms with Crippen LogP contribution < -0.4 is 4.74 Å². The maximum absolute atomic E-state index is 13.5. The van der Waals surface area contributed by atoms with Crippen LogP contribution in [0.2, 0.25) is 0 Å². The molecule has 1 aromatic heterocycles. The lowest BCUT2D eigenvalue weighted by Crippen LogP contribution is -2.41. The number of fused-ring (bicyclic) bond motifs is 3. The van der Waals surface area contributed by atoms with Crippen LogP contribution in [0.3, 0.4) is 0 Å². The summed E-state index contributed by atoms with van der Waals surface area (Å²) < 4.78 is 45.5. The Morgan fingerprint density at radius 2 is 1.77 bits per heavy atom. The molecule has 7 rings (SSSR count). The lowest BCUT2D eigenvalue weighted by Gasteiger charge is -2.44. The van der Waals surface area contributed by atoms with Gasteiger partial charge in [-0.2, -0.15) is 13.2 Å². The first-order valence-electron chi connectivity index (χ1n) is 12.0. The Bertz CT molecular complexity index is 1370. The van der Waals surface area contributed by atoms with Gasteiger partial charge < -0.3 is 9.84 Å². The number of aliphatic hydroxyl groups excluding tert-OH is 1. The number of halogens is 3. The van der Waals surface area contributed by atoms with Gasteiger partial charge in [0.15, 0.2) is 5.78 Å². The summed E-state index contributed by atoms with van der Waals surface area (Å²) in [5.74, 6) is 1.18. The monoisotopic (exact) mass is 499 g/mol. The number of nitrogens with zero attached hydrogens (tertiary/aromatic N) is 1. The van der Waals surface area contributed by atoms with Crippen molar-refractivity contribution in [3.05, 3.63) is 58.8 Å². The van der Waals surface area contributed by atoms with Gasteiger partial charge in [-0.15, -0.1) is 0 Å². The highest BCUT2D eigenvalue weighted by Crippen LogP contribution is 2.57. The number of aliphatic hydroxyl groups is 1. The molecule has 2 aromatic carbocycles. The molecule has 0 spiro atoms. The van der Waals surface area contributed by atoms with Gasteiger partial charge >= 0.3 is 6.18 Å². The van der Waals surface area contributed by atoms with Crippen LogP contribution in [0.4, 0.5) is 13.2 Å². The zero-order valence-electron chi connectivity index (χ0n) is 19.1. The molecular formula is C27H24F3NO3S. The average Bonchev–Trinajstić information content (AvgIpc) is 3.37. The minimum atomic E-state index is -4.43. The van der Waals surface area contributed by atoms with E-state index >= 15 is 0 Å². The largest absolute Gasteiger partial charge is 0.511 e. The Balaban J connectivity index is 1.35. The molecule has 3 saturated carbocycles. The number of hydrogen-bond donors (Lipinski definition) is 1. The molecular weight excluding hydrogens is 475 g/mol. The van der Waals surface area contributed by atoms with Crippen molar-refractivity contribution in [3.8, 4) is 10.9 Å². The smallest absolute Gasteiger partial charge is 0.416 e. The first-order valence-corrected chi connectivity index (χ1v) is 12.8. The van der Waals surface area contributed by atoms with Crippen molar-refractivity contribution in [2.45, 2.75) is 45.2 Å². The van der Waals surface area contributed by atoms with Gasteiger partial charge in [-0.3, -0.25) is 4.79 Å². The van der Waals surface area contributed by atoms with E-state index < -0.39 is 11.7 Å². The summed E-state index contributed by atoms with van der Waals surface area (Å²) in [6, 6.07) is 8.82. The Hall–Kier alpha value is -2.87. The SMILES string of the molecule is CCc1ccc(Oc2nc3ccc(C(F)(F)F)cc3s2)cc1C1=C(O)C2C(C1=O)[C@H]1CC[C@@H]2CC1. The fourth-order valence-electron chi connectivity index (χ4n) is 6.33. The van der Waals surface area contributed by atoms with Crippen LogP contribution in [0, 0.1) is 23.7 Å². The number of alkyl halides is 3. The van der Waals surface area contributed by atoms with Crippen LogP contribution in [0.25, 0.3) is 15.8 Å². The molecule has 2 unspecified atom stereocenters. The number of ketones is 1. The summed E-state index contributed by atoms with van der Waals surface area (Å²) in [5, 5.41) is 11.5. The number of aromatic nitrogens is 1. The second-order valence-electron chi connectivity index (χ2n) is 9.79. The minimum absolute atomic E-state index is 0.0356. The van der Waals surface area contributed by atoms with Crippen LogP contribution in [-0.2, 0) is 17.4 Å². The second-order valence-corrected chi connectivity index (χ2v) is 10.8. The summed E-state index contributed by atoms with van der Waals surface area (Å²) in [7, 11) is 0. The molecule has 2 atom stereocenters. The molecule has 1 heterocycles. The lowest BCUT2D eigenvalue weighted by atomic mass is 9.59. The molecule has 0 saturated heterocycles. The van der Waals surface area contributed by atoms with Crippen molar-refractivity contribution < 1.29 is 27.8 Å². The summed E-state index contributed by atoms with van der Waals surface area (Å²) in [6.45, 7) is 2.00. The summed E-state index contributed by atoms with van der Waals surface area (Å²) in [6.07, 6.45) is 0.487. The van der Waals surface area contributed by atoms with Crippen molar-refractivity contribution in [3.63, 3.8) is 0 Å². The summed E-state index contributed by atoms with van der Waals surface area (Å²) in [4.78, 5) is 17.9. The second kappa shape index (κ2) is 8.08. The molecule has 0 radical (unpaired) electrons. The van der Waals surface area contributed by atoms with Crippen molar-refractivity contribution >= 4 is 32.9 Å². The van der Waals surface area contributed by atoms with E-state index in [1.807, 2.05) is 13.0 Å². The molecule has 3 aromatic rings. The molecule has 1 N–H and O–H groups in total. The van der Waals surface area contributed by atoms with Crippen molar-refractivity contribution in [2.75, 3.05) is 0 Å². The van der Waals surface area contributed by atoms with Gasteiger partial charge in [-0.05, 0) is 85.4 Å². The van der Waals surface area contributed by atoms with E-state index in [1.54, 1.807) is 12.1 Å². The molecule has 0 aliphatic heterocycles. The van der Waals surface area contributed by atoms with Crippen molar-refractivity contribution in [2.24, 2.45) is 23.7 Å². The van der Waals surface area contributed by atoms with E-state index in [1.165, 1.54) is 6.07 Å². The highest BCUT2D eigenvalue weighted by molar-refractivity contribution is 7.20. The van der Waals surface area contributed by atoms with Gasteiger partial charge in [0.2, 0.25) is 0 Å². The topological polar surface area (TPSA) is 59.4 Å². The Morgan fingerprint density at radius 1 is 1.06 bits per heavy atom. The van der Waals surface area contributed by atoms with E-state index in [0.29, 0.717) is 45.4 Å². The number of ether oxygens (including phenoxy) is 1. The maximum atomic E-state index is 13.5. The fraction of sp³-hybridized carbons (Fsp3) is 0.407. The molecule has 4 nitrogen and oxygen atoms in total. The van der Waals surface area contributed by atoms with Gasteiger partial charge in [-0.1, -0.05) is 24.3 Å². The van der Waals surface area contributed by atoms with Crippen LogP contribution >= 0.6 is 11.3 Å². The van der Waals surface area contributed by atoms with Crippen molar-refractivity contribution in [1.29, 1.82) is 0 Å². The summed E-state index contributed by atoms with van der Waals surface area (Å²) >= 11 is 1.04. The Morgan fingerprint density at radius 3 is 2.43 bits per heavy atom. The van der Waals surface area contributed by atoms with E-state index in [9.17, 15) is 23.1 Å². The number of allylic oxidation sites excluding steroid dienone is 2. The molecule has 8 heteroatoms. The van der Waals surface area contributed by atoms with Crippen molar-refractivity contribution in [1.82, 2.24) is 4.98 Å². The highest BCUT2D eigenvalue weighted by atomic mass is 32.1. The molecule has 4 aliphatic carbocycles. The molecule has 4 aliphatic rings. The number of hydrogen-bond acceptors (Lipinski definition) is 5. The van der Waals surface area contributed by atoms with Crippen LogP contribution in [0.5, 0.6) is 10.9 Å². The molecule has 3 fully saturated rings. The third kappa shape index (κ3) is 3.64. The maximum Gasteiger partial charge on any atom is 0.416 e. The summed E-state index contributed by atoms with van der Waals surface area (Å²) in [5.41, 5.74) is 1.74. The average molecular weight is 500 g/mol. The Labute approximate surface area is 204 Å². The first kappa shape index (κ1) is 22.6. The fourth-order valence-corrected chi connectivity index (χ4v) is 7.21. The number of aryl methyl sites for hydroxylation is 1. The number of rotatable bonds is 4. The molecule has 182 valence electrons. The number of carbonyl (C=O) groups is 1. The molecule has 0 amide bonds. The predicted molar refractivity (Wildman–Crippen MR) is 127 cm³/mol. The number of thiazole rings is 1. The molecule has 2 bridgehead atoms. The zero-order chi connectivity index (χ0) is 24.5. The van der Waals surface area contributed by atoms with Gasteiger partial charge in [-0.25, -0.2) is 4.98 Å². The predicted octanol–water partition coefficient (Wildman–Crippen LogP) is 7.57. The third-order valence-electron chi connectivity index (χ3n) is 7.97. The first-order chi connectivity index (χ1) is 16.7. The number of carbonyl (C=O) groups excluding carboxylic acids is 1. The van der Waals surface area contributed by atoms with Gasteiger partial charge in [0, 0.05) is 11.8 Å². The number of benzene rings is 2.